The summed E-state index contributed by atoms with van der Waals surface area (Å²) in [5.74, 6) is 1.58. The van der Waals surface area contributed by atoms with Crippen molar-refractivity contribution in [2.45, 2.75) is 52.5 Å². The number of urea groups is 1. The maximum absolute atomic E-state index is 11.9. The van der Waals surface area contributed by atoms with Crippen LogP contribution in [0, 0.1) is 11.8 Å². The molecular formula is C18H36N4O. The van der Waals surface area contributed by atoms with E-state index in [0.29, 0.717) is 6.04 Å². The summed E-state index contributed by atoms with van der Waals surface area (Å²) in [6, 6.07) is 0.401. The molecule has 2 N–H and O–H groups in total. The SMILES string of the molecule is CC1CCCN(CCNC(=O)NCC(C)N2CCCC(C)C2)C1. The van der Waals surface area contributed by atoms with Gasteiger partial charge in [0.2, 0.25) is 0 Å². The van der Waals surface area contributed by atoms with Gasteiger partial charge in [-0.2, -0.15) is 0 Å². The zero-order valence-electron chi connectivity index (χ0n) is 15.3. The van der Waals surface area contributed by atoms with E-state index >= 15 is 0 Å². The standard InChI is InChI=1S/C18H36N4O/c1-15-6-4-9-21(13-15)11-8-19-18(23)20-12-17(3)22-10-5-7-16(2)14-22/h15-17H,4-14H2,1-3H3,(H2,19,20,23). The third-order valence-corrected chi connectivity index (χ3v) is 5.32. The van der Waals surface area contributed by atoms with E-state index < -0.39 is 0 Å². The first kappa shape index (κ1) is 18.5. The second-order valence-electron chi connectivity index (χ2n) is 7.78. The van der Waals surface area contributed by atoms with E-state index in [2.05, 4.69) is 41.2 Å². The molecule has 2 aliphatic rings. The summed E-state index contributed by atoms with van der Waals surface area (Å²) in [4.78, 5) is 16.9. The topological polar surface area (TPSA) is 47.6 Å². The lowest BCUT2D eigenvalue weighted by Gasteiger charge is -2.35. The predicted molar refractivity (Wildman–Crippen MR) is 95.7 cm³/mol. The van der Waals surface area contributed by atoms with Crippen LogP contribution in [0.3, 0.4) is 0 Å². The maximum Gasteiger partial charge on any atom is 0.314 e. The Hall–Kier alpha value is -0.810. The Balaban J connectivity index is 1.55. The van der Waals surface area contributed by atoms with Crippen LogP contribution in [-0.4, -0.2) is 67.7 Å². The molecule has 2 fully saturated rings. The van der Waals surface area contributed by atoms with Crippen molar-refractivity contribution in [3.05, 3.63) is 0 Å². The molecule has 0 saturated carbocycles. The molecule has 0 radical (unpaired) electrons. The fraction of sp³-hybridized carbons (Fsp3) is 0.944. The number of nitrogens with one attached hydrogen (secondary N) is 2. The number of rotatable bonds is 6. The van der Waals surface area contributed by atoms with Gasteiger partial charge in [0, 0.05) is 38.8 Å². The van der Waals surface area contributed by atoms with Crippen molar-refractivity contribution in [2.24, 2.45) is 11.8 Å². The van der Waals surface area contributed by atoms with Gasteiger partial charge in [0.05, 0.1) is 0 Å². The van der Waals surface area contributed by atoms with Crippen LogP contribution in [0.2, 0.25) is 0 Å². The highest BCUT2D eigenvalue weighted by atomic mass is 16.2. The molecule has 2 amide bonds. The summed E-state index contributed by atoms with van der Waals surface area (Å²) < 4.78 is 0. The van der Waals surface area contributed by atoms with Crippen LogP contribution in [0.4, 0.5) is 4.79 Å². The number of piperidine rings is 2. The van der Waals surface area contributed by atoms with E-state index in [-0.39, 0.29) is 6.03 Å². The number of nitrogens with zero attached hydrogens (tertiary/aromatic N) is 2. The molecule has 2 saturated heterocycles. The average molecular weight is 325 g/mol. The second kappa shape index (κ2) is 9.48. The largest absolute Gasteiger partial charge is 0.337 e. The molecule has 5 heteroatoms. The molecule has 3 atom stereocenters. The van der Waals surface area contributed by atoms with E-state index in [1.54, 1.807) is 0 Å². The Bertz CT molecular complexity index is 363. The van der Waals surface area contributed by atoms with E-state index in [9.17, 15) is 4.79 Å². The average Bonchev–Trinajstić information content (AvgIpc) is 2.52. The molecule has 0 bridgehead atoms. The number of amides is 2. The molecule has 0 spiro atoms. The van der Waals surface area contributed by atoms with Crippen molar-refractivity contribution < 1.29 is 4.79 Å². The van der Waals surface area contributed by atoms with Crippen molar-refractivity contribution in [3.8, 4) is 0 Å². The summed E-state index contributed by atoms with van der Waals surface area (Å²) in [5.41, 5.74) is 0. The molecule has 0 aromatic carbocycles. The molecule has 5 nitrogen and oxygen atoms in total. The Morgan fingerprint density at radius 1 is 1.09 bits per heavy atom. The molecule has 134 valence electrons. The van der Waals surface area contributed by atoms with Crippen molar-refractivity contribution in [2.75, 3.05) is 45.8 Å². The Morgan fingerprint density at radius 2 is 1.78 bits per heavy atom. The highest BCUT2D eigenvalue weighted by molar-refractivity contribution is 5.73. The van der Waals surface area contributed by atoms with Crippen LogP contribution < -0.4 is 10.6 Å². The highest BCUT2D eigenvalue weighted by Crippen LogP contribution is 2.17. The monoisotopic (exact) mass is 324 g/mol. The van der Waals surface area contributed by atoms with Crippen LogP contribution in [0.15, 0.2) is 0 Å². The molecule has 3 unspecified atom stereocenters. The van der Waals surface area contributed by atoms with Gasteiger partial charge in [0.1, 0.15) is 0 Å². The summed E-state index contributed by atoms with van der Waals surface area (Å²) in [5, 5.41) is 6.03. The number of hydrogen-bond donors (Lipinski definition) is 2. The molecule has 2 heterocycles. The summed E-state index contributed by atoms with van der Waals surface area (Å²) >= 11 is 0. The van der Waals surface area contributed by atoms with E-state index in [0.717, 1.165) is 38.0 Å². The van der Waals surface area contributed by atoms with E-state index in [1.807, 2.05) is 0 Å². The van der Waals surface area contributed by atoms with Gasteiger partial charge in [0.25, 0.3) is 0 Å². The molecule has 0 aliphatic carbocycles. The fourth-order valence-electron chi connectivity index (χ4n) is 3.88. The number of likely N-dealkylation sites (tertiary alicyclic amines) is 2. The van der Waals surface area contributed by atoms with Crippen LogP contribution >= 0.6 is 0 Å². The van der Waals surface area contributed by atoms with Crippen LogP contribution in [-0.2, 0) is 0 Å². The number of carbonyl (C=O) groups excluding carboxylic acids is 1. The highest BCUT2D eigenvalue weighted by Gasteiger charge is 2.21. The molecule has 0 aromatic rings. The third-order valence-electron chi connectivity index (χ3n) is 5.32. The first-order chi connectivity index (χ1) is 11.0. The fourth-order valence-corrected chi connectivity index (χ4v) is 3.88. The van der Waals surface area contributed by atoms with E-state index in [4.69, 9.17) is 0 Å². The Kier molecular flexibility index (Phi) is 7.63. The van der Waals surface area contributed by atoms with Gasteiger partial charge in [-0.3, -0.25) is 4.90 Å². The van der Waals surface area contributed by atoms with Gasteiger partial charge < -0.3 is 15.5 Å². The van der Waals surface area contributed by atoms with Gasteiger partial charge >= 0.3 is 6.03 Å². The summed E-state index contributed by atoms with van der Waals surface area (Å²) in [6.07, 6.45) is 5.26. The molecule has 2 rings (SSSR count). The lowest BCUT2D eigenvalue weighted by Crippen LogP contribution is -2.49. The Labute approximate surface area is 142 Å². The van der Waals surface area contributed by atoms with Crippen molar-refractivity contribution in [1.29, 1.82) is 0 Å². The van der Waals surface area contributed by atoms with Gasteiger partial charge in [-0.25, -0.2) is 4.79 Å². The number of carbonyl (C=O) groups is 1. The first-order valence-corrected chi connectivity index (χ1v) is 9.52. The van der Waals surface area contributed by atoms with Gasteiger partial charge in [-0.15, -0.1) is 0 Å². The van der Waals surface area contributed by atoms with E-state index in [1.165, 1.54) is 45.3 Å². The molecule has 23 heavy (non-hydrogen) atoms. The minimum Gasteiger partial charge on any atom is -0.337 e. The van der Waals surface area contributed by atoms with Crippen LogP contribution in [0.25, 0.3) is 0 Å². The smallest absolute Gasteiger partial charge is 0.314 e. The van der Waals surface area contributed by atoms with Gasteiger partial charge in [-0.05, 0) is 57.5 Å². The zero-order chi connectivity index (χ0) is 16.7. The maximum atomic E-state index is 11.9. The third kappa shape index (κ3) is 6.68. The minimum atomic E-state index is -0.0213. The lowest BCUT2D eigenvalue weighted by molar-refractivity contribution is 0.137. The summed E-state index contributed by atoms with van der Waals surface area (Å²) in [6.45, 7) is 14.0. The normalized spacial score (nSPS) is 28.3. The minimum absolute atomic E-state index is 0.0213. The molecule has 2 aliphatic heterocycles. The predicted octanol–water partition coefficient (Wildman–Crippen LogP) is 2.14. The van der Waals surface area contributed by atoms with Crippen molar-refractivity contribution in [3.63, 3.8) is 0 Å². The van der Waals surface area contributed by atoms with Gasteiger partial charge in [0.15, 0.2) is 0 Å². The lowest BCUT2D eigenvalue weighted by atomic mass is 9.99. The summed E-state index contributed by atoms with van der Waals surface area (Å²) in [7, 11) is 0. The number of hydrogen-bond acceptors (Lipinski definition) is 3. The Morgan fingerprint density at radius 3 is 2.48 bits per heavy atom. The molecular weight excluding hydrogens is 288 g/mol. The van der Waals surface area contributed by atoms with Crippen LogP contribution in [0.5, 0.6) is 0 Å². The quantitative estimate of drug-likeness (QED) is 0.787. The second-order valence-corrected chi connectivity index (χ2v) is 7.78. The first-order valence-electron chi connectivity index (χ1n) is 9.52. The van der Waals surface area contributed by atoms with Crippen LogP contribution in [0.1, 0.15) is 46.5 Å². The van der Waals surface area contributed by atoms with Crippen molar-refractivity contribution in [1.82, 2.24) is 20.4 Å². The zero-order valence-corrected chi connectivity index (χ0v) is 15.3. The van der Waals surface area contributed by atoms with Gasteiger partial charge in [-0.1, -0.05) is 13.8 Å². The van der Waals surface area contributed by atoms with Crippen molar-refractivity contribution >= 4 is 6.03 Å². The molecule has 0 aromatic heterocycles.